The first kappa shape index (κ1) is 29.3. The molecule has 1 saturated heterocycles. The van der Waals surface area contributed by atoms with Crippen LogP contribution in [-0.2, 0) is 20.2 Å². The van der Waals surface area contributed by atoms with Crippen LogP contribution in [0, 0.1) is 5.92 Å². The van der Waals surface area contributed by atoms with Crippen molar-refractivity contribution in [2.45, 2.75) is 41.4 Å². The Balaban J connectivity index is 1.52. The van der Waals surface area contributed by atoms with Gasteiger partial charge >= 0.3 is 10.1 Å². The molecule has 14 heteroatoms. The molecule has 2 N–H and O–H groups in total. The molecule has 39 heavy (non-hydrogen) atoms. The van der Waals surface area contributed by atoms with Crippen molar-refractivity contribution in [3.63, 3.8) is 0 Å². The number of halogens is 2. The zero-order valence-corrected chi connectivity index (χ0v) is 25.6. The minimum absolute atomic E-state index is 0.0279. The summed E-state index contributed by atoms with van der Waals surface area (Å²) in [5.41, 5.74) is 1.64. The van der Waals surface area contributed by atoms with E-state index in [1.54, 1.807) is 30.0 Å². The first-order valence-electron chi connectivity index (χ1n) is 12.3. The molecular formula is C25H27Cl2N2O6S4+. The highest BCUT2D eigenvalue weighted by Gasteiger charge is 2.61. The van der Waals surface area contributed by atoms with Crippen molar-refractivity contribution in [2.24, 2.45) is 5.92 Å². The lowest BCUT2D eigenvalue weighted by Gasteiger charge is -2.47. The fourth-order valence-electron chi connectivity index (χ4n) is 5.25. The lowest BCUT2D eigenvalue weighted by atomic mass is 10.0. The summed E-state index contributed by atoms with van der Waals surface area (Å²) in [6.07, 6.45) is 5.44. The first-order chi connectivity index (χ1) is 18.3. The summed E-state index contributed by atoms with van der Waals surface area (Å²) in [4.78, 5) is 3.89. The Morgan fingerprint density at radius 3 is 2.36 bits per heavy atom. The third-order valence-corrected chi connectivity index (χ3v) is 12.1. The molecule has 5 rings (SSSR count). The maximum Gasteiger partial charge on any atom is 0.320 e. The average Bonchev–Trinajstić information content (AvgIpc) is 3.31. The van der Waals surface area contributed by atoms with E-state index in [1.807, 2.05) is 30.0 Å². The van der Waals surface area contributed by atoms with Crippen LogP contribution in [-0.4, -0.2) is 50.2 Å². The molecule has 0 aromatic heterocycles. The zero-order chi connectivity index (χ0) is 28.2. The lowest BCUT2D eigenvalue weighted by molar-refractivity contribution is 0.203. The van der Waals surface area contributed by atoms with Crippen LogP contribution >= 0.6 is 46.7 Å². The van der Waals surface area contributed by atoms with Crippen molar-refractivity contribution < 1.29 is 25.9 Å². The third kappa shape index (κ3) is 5.77. The molecule has 3 unspecified atom stereocenters. The van der Waals surface area contributed by atoms with E-state index in [-0.39, 0.29) is 22.6 Å². The summed E-state index contributed by atoms with van der Waals surface area (Å²) in [6, 6.07) is 11.0. The highest BCUT2D eigenvalue weighted by Crippen LogP contribution is 2.58. The van der Waals surface area contributed by atoms with Crippen molar-refractivity contribution in [2.75, 3.05) is 23.7 Å². The van der Waals surface area contributed by atoms with Gasteiger partial charge in [0.1, 0.15) is 0 Å². The number of nitrogens with zero attached hydrogens (tertiary/aromatic N) is 2. The van der Waals surface area contributed by atoms with E-state index in [0.29, 0.717) is 29.6 Å². The van der Waals surface area contributed by atoms with Gasteiger partial charge in [0.2, 0.25) is 5.37 Å². The van der Waals surface area contributed by atoms with E-state index in [1.165, 1.54) is 11.8 Å². The second-order valence-corrected chi connectivity index (χ2v) is 15.8. The quantitative estimate of drug-likeness (QED) is 0.240. The average molecular weight is 651 g/mol. The van der Waals surface area contributed by atoms with Gasteiger partial charge in [0, 0.05) is 33.5 Å². The predicted molar refractivity (Wildman–Crippen MR) is 160 cm³/mol. The van der Waals surface area contributed by atoms with Crippen molar-refractivity contribution in [1.82, 2.24) is 4.48 Å². The number of rotatable bonds is 8. The molecule has 3 heterocycles. The maximum absolute atomic E-state index is 12.4. The summed E-state index contributed by atoms with van der Waals surface area (Å²) in [5.74, 6) is -0.445. The fourth-order valence-corrected chi connectivity index (χ4v) is 9.92. The normalized spacial score (nSPS) is 25.3. The first-order valence-corrected chi connectivity index (χ1v) is 17.8. The van der Waals surface area contributed by atoms with E-state index in [9.17, 15) is 25.9 Å². The van der Waals surface area contributed by atoms with Crippen LogP contribution in [0.2, 0.25) is 10.0 Å². The van der Waals surface area contributed by atoms with Gasteiger partial charge in [-0.25, -0.2) is 4.48 Å². The number of hydrogen-bond acceptors (Lipinski definition) is 7. The maximum atomic E-state index is 12.4. The summed E-state index contributed by atoms with van der Waals surface area (Å²) >= 11 is 15.6. The number of quaternary nitrogens is 1. The molecule has 1 spiro atoms. The van der Waals surface area contributed by atoms with Crippen LogP contribution in [0.25, 0.3) is 0 Å². The summed E-state index contributed by atoms with van der Waals surface area (Å²) in [5, 5.41) is 1.79. The van der Waals surface area contributed by atoms with Gasteiger partial charge < -0.3 is 4.90 Å². The van der Waals surface area contributed by atoms with Gasteiger partial charge in [-0.1, -0.05) is 41.9 Å². The van der Waals surface area contributed by atoms with E-state index >= 15 is 0 Å². The highest BCUT2D eigenvalue weighted by atomic mass is 35.5. The molecule has 3 aliphatic rings. The van der Waals surface area contributed by atoms with Gasteiger partial charge in [0.15, 0.2) is 10.7 Å². The number of benzene rings is 2. The Labute approximate surface area is 247 Å². The van der Waals surface area contributed by atoms with Crippen LogP contribution in [0.5, 0.6) is 0 Å². The Bertz CT molecular complexity index is 1600. The number of thioether (sulfide) groups is 2. The summed E-state index contributed by atoms with van der Waals surface area (Å²) < 4.78 is 66.8. The smallest absolute Gasteiger partial charge is 0.320 e. The molecule has 3 aliphatic heterocycles. The number of fused-ring (bicyclic) bond motifs is 3. The molecule has 0 saturated carbocycles. The lowest BCUT2D eigenvalue weighted by Crippen LogP contribution is -2.66. The van der Waals surface area contributed by atoms with E-state index in [4.69, 9.17) is 23.2 Å². The molecule has 0 bridgehead atoms. The molecular weight excluding hydrogens is 623 g/mol. The van der Waals surface area contributed by atoms with Crippen molar-refractivity contribution in [1.29, 1.82) is 0 Å². The Kier molecular flexibility index (Phi) is 8.17. The van der Waals surface area contributed by atoms with Crippen molar-refractivity contribution in [3.8, 4) is 0 Å². The Hall–Kier alpha value is -1.22. The van der Waals surface area contributed by atoms with E-state index < -0.39 is 25.6 Å². The molecule has 3 atom stereocenters. The van der Waals surface area contributed by atoms with E-state index in [0.717, 1.165) is 37.6 Å². The topological polar surface area (TPSA) is 112 Å². The second-order valence-electron chi connectivity index (χ2n) is 9.65. The van der Waals surface area contributed by atoms with Gasteiger partial charge in [0.25, 0.3) is 10.1 Å². The monoisotopic (exact) mass is 649 g/mol. The minimum Gasteiger partial charge on any atom is -0.335 e. The number of anilines is 1. The fraction of sp³-hybridized carbons (Fsp3) is 0.360. The van der Waals surface area contributed by atoms with Crippen molar-refractivity contribution >= 4 is 78.3 Å². The highest BCUT2D eigenvalue weighted by molar-refractivity contribution is 8.04. The van der Waals surface area contributed by atoms with Gasteiger partial charge in [0.05, 0.1) is 34.3 Å². The van der Waals surface area contributed by atoms with Gasteiger partial charge in [-0.3, -0.25) is 9.11 Å². The van der Waals surface area contributed by atoms with Crippen LogP contribution in [0.15, 0.2) is 68.4 Å². The minimum atomic E-state index is -4.32. The van der Waals surface area contributed by atoms with Crippen LogP contribution < -0.4 is 9.38 Å². The summed E-state index contributed by atoms with van der Waals surface area (Å²) in [6.45, 7) is 2.93. The van der Waals surface area contributed by atoms with Crippen LogP contribution in [0.3, 0.4) is 0 Å². The van der Waals surface area contributed by atoms with Gasteiger partial charge in [-0.2, -0.15) is 16.8 Å². The second kappa shape index (κ2) is 10.9. The zero-order valence-electron chi connectivity index (χ0n) is 20.8. The van der Waals surface area contributed by atoms with Crippen LogP contribution in [0.1, 0.15) is 26.2 Å². The molecule has 0 radical (unpaired) electrons. The largest absolute Gasteiger partial charge is 0.335 e. The molecule has 1 fully saturated rings. The van der Waals surface area contributed by atoms with E-state index in [2.05, 4.69) is 12.2 Å². The molecule has 8 nitrogen and oxygen atoms in total. The van der Waals surface area contributed by atoms with Gasteiger partial charge in [-0.15, -0.1) is 0 Å². The van der Waals surface area contributed by atoms with Crippen LogP contribution in [0.4, 0.5) is 11.4 Å². The Morgan fingerprint density at radius 1 is 1.05 bits per heavy atom. The number of allylic oxidation sites excluding steroid dienone is 2. The summed E-state index contributed by atoms with van der Waals surface area (Å²) in [7, 11) is -8.41. The SMILES string of the molecule is CCC(C=C1Sc2ccc(Cl)cc2N1CCCS(=O)(=O)O)C=C1Sc2ccc(Cl)cc2[N+]12CCC2S(=O)(=O)O. The third-order valence-electron chi connectivity index (χ3n) is 7.18. The molecule has 2 aromatic rings. The number of hydrogen-bond donors (Lipinski definition) is 2. The molecule has 0 amide bonds. The molecule has 0 aliphatic carbocycles. The predicted octanol–water partition coefficient (Wildman–Crippen LogP) is 6.62. The molecule has 210 valence electrons. The van der Waals surface area contributed by atoms with Gasteiger partial charge in [-0.05, 0) is 67.1 Å². The molecule has 2 aromatic carbocycles. The Morgan fingerprint density at radius 2 is 1.74 bits per heavy atom. The standard InChI is InChI=1S/C25H26Cl2N2O6S4/c1-2-16(12-23-28(9-3-11-38(30,31)32)19-14-17(26)4-6-21(19)36-23)13-24-29(10-8-25(29)39(33,34)35)20-15-18(27)5-7-22(20)37-24/h4-7,12-16,25H,2-3,8-11H2,1H3,(H-,30,31,32,33,34,35)/p+1. The van der Waals surface area contributed by atoms with Crippen molar-refractivity contribution in [3.05, 3.63) is 68.7 Å².